The van der Waals surface area contributed by atoms with Crippen LogP contribution in [0.5, 0.6) is 0 Å². The molecule has 0 saturated heterocycles. The number of rotatable bonds is 1. The minimum absolute atomic E-state index is 0.779. The number of hydrogen-bond acceptors (Lipinski definition) is 4. The molecule has 0 aliphatic carbocycles. The Morgan fingerprint density at radius 1 is 1.80 bits per heavy atom. The zero-order chi connectivity index (χ0) is 7.61. The van der Waals surface area contributed by atoms with Gasteiger partial charge in [-0.05, 0) is 19.9 Å². The van der Waals surface area contributed by atoms with E-state index in [1.165, 1.54) is 6.08 Å². The molecule has 0 spiro atoms. The first-order chi connectivity index (χ1) is 4.66. The van der Waals surface area contributed by atoms with Crippen LogP contribution < -0.4 is 0 Å². The van der Waals surface area contributed by atoms with Gasteiger partial charge in [0, 0.05) is 0 Å². The minimum Gasteiger partial charge on any atom is -0.211 e. The van der Waals surface area contributed by atoms with Gasteiger partial charge >= 0.3 is 0 Å². The van der Waals surface area contributed by atoms with Crippen molar-refractivity contribution in [1.29, 1.82) is 0 Å². The lowest BCUT2D eigenvalue weighted by Crippen LogP contribution is -2.10. The Hall–Kier alpha value is -1.28. The van der Waals surface area contributed by atoms with Gasteiger partial charge < -0.3 is 0 Å². The predicted molar refractivity (Wildman–Crippen MR) is 35.1 cm³/mol. The lowest BCUT2D eigenvalue weighted by molar-refractivity contribution is 0.543. The van der Waals surface area contributed by atoms with Crippen molar-refractivity contribution in [2.45, 2.75) is 19.5 Å². The van der Waals surface area contributed by atoms with Crippen LogP contribution in [0.4, 0.5) is 0 Å². The Balaban J connectivity index is 2.94. The first kappa shape index (κ1) is 6.83. The van der Waals surface area contributed by atoms with Crippen LogP contribution in [0.25, 0.3) is 0 Å². The SMILES string of the molecule is CC1=CC(C)(N=C=O)N=N1. The van der Waals surface area contributed by atoms with Gasteiger partial charge in [-0.3, -0.25) is 0 Å². The van der Waals surface area contributed by atoms with Crippen molar-refractivity contribution in [2.24, 2.45) is 15.2 Å². The van der Waals surface area contributed by atoms with Crippen LogP contribution in [0.3, 0.4) is 0 Å². The Labute approximate surface area is 58.4 Å². The molecule has 0 saturated carbocycles. The molecule has 0 fully saturated rings. The van der Waals surface area contributed by atoms with E-state index in [2.05, 4.69) is 15.2 Å². The molecule has 0 radical (unpaired) electrons. The zero-order valence-electron chi connectivity index (χ0n) is 5.83. The maximum Gasteiger partial charge on any atom is 0.237 e. The quantitative estimate of drug-likeness (QED) is 0.398. The second-order valence-electron chi connectivity index (χ2n) is 2.28. The van der Waals surface area contributed by atoms with Crippen LogP contribution in [0.15, 0.2) is 27.0 Å². The van der Waals surface area contributed by atoms with Crippen LogP contribution >= 0.6 is 0 Å². The van der Waals surface area contributed by atoms with Crippen molar-refractivity contribution in [3.05, 3.63) is 11.8 Å². The van der Waals surface area contributed by atoms with Crippen LogP contribution in [0, 0.1) is 0 Å². The van der Waals surface area contributed by atoms with E-state index in [1.807, 2.05) is 0 Å². The molecule has 0 N–H and O–H groups in total. The van der Waals surface area contributed by atoms with Gasteiger partial charge in [0.25, 0.3) is 0 Å². The van der Waals surface area contributed by atoms with Crippen LogP contribution in [0.1, 0.15) is 13.8 Å². The summed E-state index contributed by atoms with van der Waals surface area (Å²) in [5, 5.41) is 7.46. The van der Waals surface area contributed by atoms with Crippen molar-refractivity contribution in [3.63, 3.8) is 0 Å². The molecule has 0 aromatic rings. The second kappa shape index (κ2) is 2.15. The largest absolute Gasteiger partial charge is 0.237 e. The molecule has 4 heteroatoms. The van der Waals surface area contributed by atoms with E-state index >= 15 is 0 Å². The molecule has 0 bridgehead atoms. The van der Waals surface area contributed by atoms with E-state index < -0.39 is 5.66 Å². The number of isocyanates is 1. The summed E-state index contributed by atoms with van der Waals surface area (Å²) in [6.07, 6.45) is 3.15. The lowest BCUT2D eigenvalue weighted by Gasteiger charge is -2.04. The van der Waals surface area contributed by atoms with Crippen molar-refractivity contribution >= 4 is 6.08 Å². The highest BCUT2D eigenvalue weighted by atomic mass is 16.1. The summed E-state index contributed by atoms with van der Waals surface area (Å²) in [7, 11) is 0. The maximum absolute atomic E-state index is 9.85. The third-order valence-corrected chi connectivity index (χ3v) is 1.16. The fraction of sp³-hybridized carbons (Fsp3) is 0.500. The normalized spacial score (nSPS) is 29.6. The summed E-state index contributed by atoms with van der Waals surface area (Å²) in [6.45, 7) is 3.49. The number of azo groups is 1. The van der Waals surface area contributed by atoms with Gasteiger partial charge in [0.1, 0.15) is 0 Å². The molecule has 1 rings (SSSR count). The van der Waals surface area contributed by atoms with Crippen LogP contribution in [-0.4, -0.2) is 11.7 Å². The fourth-order valence-corrected chi connectivity index (χ4v) is 0.781. The van der Waals surface area contributed by atoms with Crippen molar-refractivity contribution < 1.29 is 4.79 Å². The van der Waals surface area contributed by atoms with Crippen molar-refractivity contribution in [1.82, 2.24) is 0 Å². The third kappa shape index (κ3) is 1.17. The Morgan fingerprint density at radius 2 is 2.50 bits per heavy atom. The summed E-state index contributed by atoms with van der Waals surface area (Å²) >= 11 is 0. The molecule has 0 aromatic carbocycles. The smallest absolute Gasteiger partial charge is 0.211 e. The average Bonchev–Trinajstić information content (AvgIpc) is 2.12. The molecule has 0 amide bonds. The fourth-order valence-electron chi connectivity index (χ4n) is 0.781. The van der Waals surface area contributed by atoms with Gasteiger partial charge in [0.05, 0.1) is 5.70 Å². The first-order valence-electron chi connectivity index (χ1n) is 2.88. The average molecular weight is 137 g/mol. The standard InChI is InChI=1S/C6H7N3O/c1-5-3-6(2,7-4-10)9-8-5/h3H,1-2H3. The predicted octanol–water partition coefficient (Wildman–Crippen LogP) is 1.41. The van der Waals surface area contributed by atoms with Gasteiger partial charge in [0.2, 0.25) is 11.7 Å². The summed E-state index contributed by atoms with van der Waals surface area (Å²) in [6, 6.07) is 0. The minimum atomic E-state index is -0.786. The molecular weight excluding hydrogens is 130 g/mol. The Bertz CT molecular complexity index is 250. The van der Waals surface area contributed by atoms with Crippen LogP contribution in [0.2, 0.25) is 0 Å². The molecule has 52 valence electrons. The molecule has 4 nitrogen and oxygen atoms in total. The van der Waals surface area contributed by atoms with Crippen molar-refractivity contribution in [2.75, 3.05) is 0 Å². The Kier molecular flexibility index (Phi) is 1.47. The van der Waals surface area contributed by atoms with E-state index in [4.69, 9.17) is 0 Å². The van der Waals surface area contributed by atoms with E-state index in [1.54, 1.807) is 19.9 Å². The molecule has 1 unspecified atom stereocenters. The highest BCUT2D eigenvalue weighted by Gasteiger charge is 2.23. The van der Waals surface area contributed by atoms with Crippen LogP contribution in [-0.2, 0) is 4.79 Å². The highest BCUT2D eigenvalue weighted by molar-refractivity contribution is 5.36. The Morgan fingerprint density at radius 3 is 2.90 bits per heavy atom. The molecule has 1 atom stereocenters. The molecule has 10 heavy (non-hydrogen) atoms. The first-order valence-corrected chi connectivity index (χ1v) is 2.88. The molecule has 0 aromatic heterocycles. The summed E-state index contributed by atoms with van der Waals surface area (Å²) < 4.78 is 0. The second-order valence-corrected chi connectivity index (χ2v) is 2.28. The van der Waals surface area contributed by atoms with Gasteiger partial charge in [-0.2, -0.15) is 15.2 Å². The summed E-state index contributed by atoms with van der Waals surface area (Å²) in [5.41, 5.74) is -0.00671. The highest BCUT2D eigenvalue weighted by Crippen LogP contribution is 2.23. The molecular formula is C6H7N3O. The number of aliphatic imine (C=N–C) groups is 1. The van der Waals surface area contributed by atoms with Gasteiger partial charge in [-0.25, -0.2) is 4.79 Å². The molecule has 1 heterocycles. The van der Waals surface area contributed by atoms with Gasteiger partial charge in [0.15, 0.2) is 0 Å². The number of hydrogen-bond donors (Lipinski definition) is 0. The third-order valence-electron chi connectivity index (χ3n) is 1.16. The zero-order valence-corrected chi connectivity index (χ0v) is 5.83. The van der Waals surface area contributed by atoms with E-state index in [0.29, 0.717) is 0 Å². The van der Waals surface area contributed by atoms with Gasteiger partial charge in [-0.15, -0.1) is 0 Å². The topological polar surface area (TPSA) is 54.1 Å². The monoisotopic (exact) mass is 137 g/mol. The number of allylic oxidation sites excluding steroid dienone is 1. The molecule has 1 aliphatic rings. The van der Waals surface area contributed by atoms with Crippen molar-refractivity contribution in [3.8, 4) is 0 Å². The van der Waals surface area contributed by atoms with E-state index in [9.17, 15) is 4.79 Å². The van der Waals surface area contributed by atoms with Gasteiger partial charge in [-0.1, -0.05) is 0 Å². The lowest BCUT2D eigenvalue weighted by atomic mass is 10.2. The number of carbonyl (C=O) groups excluding carboxylic acids is 1. The maximum atomic E-state index is 9.85. The van der Waals surface area contributed by atoms with E-state index in [0.717, 1.165) is 5.70 Å². The number of nitrogens with zero attached hydrogens (tertiary/aromatic N) is 3. The summed E-state index contributed by atoms with van der Waals surface area (Å²) in [4.78, 5) is 13.3. The van der Waals surface area contributed by atoms with E-state index in [-0.39, 0.29) is 0 Å². The summed E-state index contributed by atoms with van der Waals surface area (Å²) in [5.74, 6) is 0. The molecule has 1 aliphatic heterocycles.